The van der Waals surface area contributed by atoms with Crippen molar-refractivity contribution in [1.82, 2.24) is 14.2 Å². The lowest BCUT2D eigenvalue weighted by atomic mass is 10.3. The maximum atomic E-state index is 11.1. The van der Waals surface area contributed by atoms with Crippen molar-refractivity contribution < 1.29 is 9.53 Å². The van der Waals surface area contributed by atoms with Crippen molar-refractivity contribution in [3.05, 3.63) is 24.2 Å². The summed E-state index contributed by atoms with van der Waals surface area (Å²) in [6.45, 7) is 2.27. The monoisotopic (exact) mass is 207 g/mol. The van der Waals surface area contributed by atoms with E-state index in [1.165, 1.54) is 7.11 Å². The fourth-order valence-electron chi connectivity index (χ4n) is 1.49. The van der Waals surface area contributed by atoms with Gasteiger partial charge in [-0.1, -0.05) is 6.92 Å². The molecule has 0 bridgehead atoms. The number of carbonyl (C=O) groups is 1. The molecule has 5 heteroatoms. The molecule has 0 saturated carbocycles. The molecule has 0 aliphatic rings. The van der Waals surface area contributed by atoms with Crippen LogP contribution in [0.15, 0.2) is 18.5 Å². The maximum absolute atomic E-state index is 11.1. The highest BCUT2D eigenvalue weighted by atomic mass is 16.5. The summed E-state index contributed by atoms with van der Waals surface area (Å²) in [6.07, 6.45) is 4.54. The van der Waals surface area contributed by atoms with Crippen LogP contribution in [0.25, 0.3) is 5.65 Å². The number of hydrogen-bond acceptors (Lipinski definition) is 3. The molecule has 0 fully saturated rings. The van der Waals surface area contributed by atoms with E-state index in [0.717, 1.165) is 17.8 Å². The summed E-state index contributed by atoms with van der Waals surface area (Å²) in [5.41, 5.74) is 1.93. The van der Waals surface area contributed by atoms with E-state index < -0.39 is 0 Å². The number of rotatable bonds is 3. The largest absolute Gasteiger partial charge is 0.468 e. The maximum Gasteiger partial charge on any atom is 0.325 e. The third-order valence-corrected chi connectivity index (χ3v) is 2.34. The van der Waals surface area contributed by atoms with Gasteiger partial charge in [0, 0.05) is 18.5 Å². The Morgan fingerprint density at radius 3 is 3.00 bits per heavy atom. The van der Waals surface area contributed by atoms with Crippen LogP contribution >= 0.6 is 0 Å². The van der Waals surface area contributed by atoms with Crippen LogP contribution in [0.2, 0.25) is 0 Å². The number of hydrogen-bond donors (Lipinski definition) is 0. The van der Waals surface area contributed by atoms with Crippen LogP contribution in [0, 0.1) is 0 Å². The number of nitrogens with zero attached hydrogens (tertiary/aromatic N) is 3. The topological polar surface area (TPSA) is 48.5 Å². The molecule has 0 aliphatic carbocycles. The molecule has 5 nitrogen and oxygen atoms in total. The highest BCUT2D eigenvalue weighted by molar-refractivity contribution is 5.70. The van der Waals surface area contributed by atoms with E-state index in [1.807, 2.05) is 30.0 Å². The molecule has 2 rings (SSSR count). The van der Waals surface area contributed by atoms with Crippen LogP contribution in [0.5, 0.6) is 0 Å². The van der Waals surface area contributed by atoms with Gasteiger partial charge < -0.3 is 9.30 Å². The predicted molar refractivity (Wildman–Crippen MR) is 54.6 cm³/mol. The first kappa shape index (κ1) is 9.76. The normalized spacial score (nSPS) is 10.8. The molecule has 0 aliphatic heterocycles. The Morgan fingerprint density at radius 1 is 1.53 bits per heavy atom. The minimum Gasteiger partial charge on any atom is -0.468 e. The van der Waals surface area contributed by atoms with E-state index >= 15 is 0 Å². The van der Waals surface area contributed by atoms with E-state index in [9.17, 15) is 4.79 Å². The molecule has 0 radical (unpaired) electrons. The number of aryl methyl sites for hydroxylation is 1. The van der Waals surface area contributed by atoms with E-state index in [0.29, 0.717) is 0 Å². The van der Waals surface area contributed by atoms with E-state index in [2.05, 4.69) is 9.84 Å². The Hall–Kier alpha value is -1.78. The molecule has 0 aromatic carbocycles. The number of carbonyl (C=O) groups excluding carboxylic acids is 1. The summed E-state index contributed by atoms with van der Waals surface area (Å²) in [5.74, 6) is -0.257. The third-order valence-electron chi connectivity index (χ3n) is 2.34. The van der Waals surface area contributed by atoms with Gasteiger partial charge in [-0.2, -0.15) is 5.10 Å². The second-order valence-corrected chi connectivity index (χ2v) is 3.29. The van der Waals surface area contributed by atoms with E-state index in [-0.39, 0.29) is 12.5 Å². The summed E-state index contributed by atoms with van der Waals surface area (Å²) < 4.78 is 8.20. The predicted octanol–water partition coefficient (Wildman–Crippen LogP) is 0.871. The van der Waals surface area contributed by atoms with Crippen LogP contribution < -0.4 is 0 Å². The molecule has 15 heavy (non-hydrogen) atoms. The zero-order valence-electron chi connectivity index (χ0n) is 8.80. The number of ether oxygens (including phenoxy) is 1. The Morgan fingerprint density at radius 2 is 2.33 bits per heavy atom. The highest BCUT2D eigenvalue weighted by Crippen LogP contribution is 2.08. The first-order valence-corrected chi connectivity index (χ1v) is 4.84. The average molecular weight is 207 g/mol. The van der Waals surface area contributed by atoms with Crippen molar-refractivity contribution in [2.45, 2.75) is 19.9 Å². The Bertz CT molecular complexity index is 484. The molecular weight excluding hydrogens is 194 g/mol. The van der Waals surface area contributed by atoms with Crippen LogP contribution in [0.1, 0.15) is 12.6 Å². The van der Waals surface area contributed by atoms with Gasteiger partial charge in [0.05, 0.1) is 12.8 Å². The van der Waals surface area contributed by atoms with Crippen molar-refractivity contribution in [1.29, 1.82) is 0 Å². The van der Waals surface area contributed by atoms with Crippen molar-refractivity contribution in [2.75, 3.05) is 7.11 Å². The molecule has 2 aromatic heterocycles. The molecule has 2 aromatic rings. The molecule has 80 valence electrons. The molecule has 0 spiro atoms. The zero-order chi connectivity index (χ0) is 10.8. The van der Waals surface area contributed by atoms with Gasteiger partial charge in [0.2, 0.25) is 0 Å². The van der Waals surface area contributed by atoms with Crippen LogP contribution in [-0.2, 0) is 22.5 Å². The van der Waals surface area contributed by atoms with Gasteiger partial charge in [0.25, 0.3) is 0 Å². The summed E-state index contributed by atoms with van der Waals surface area (Å²) in [5, 5.41) is 4.33. The van der Waals surface area contributed by atoms with Crippen LogP contribution in [0.3, 0.4) is 0 Å². The molecule has 0 atom stereocenters. The van der Waals surface area contributed by atoms with Gasteiger partial charge in [-0.25, -0.2) is 4.52 Å². The minimum absolute atomic E-state index is 0.224. The second kappa shape index (κ2) is 3.76. The van der Waals surface area contributed by atoms with Crippen molar-refractivity contribution in [3.8, 4) is 0 Å². The van der Waals surface area contributed by atoms with Crippen molar-refractivity contribution in [2.24, 2.45) is 0 Å². The van der Waals surface area contributed by atoms with Gasteiger partial charge in [-0.3, -0.25) is 4.79 Å². The number of esters is 1. The lowest BCUT2D eigenvalue weighted by Gasteiger charge is -2.00. The van der Waals surface area contributed by atoms with Gasteiger partial charge >= 0.3 is 5.97 Å². The average Bonchev–Trinajstić information content (AvgIpc) is 2.79. The Kier molecular flexibility index (Phi) is 2.45. The summed E-state index contributed by atoms with van der Waals surface area (Å²) in [6, 6.07) is 1.98. The van der Waals surface area contributed by atoms with Gasteiger partial charge in [-0.05, 0) is 6.42 Å². The van der Waals surface area contributed by atoms with Crippen LogP contribution in [-0.4, -0.2) is 27.3 Å². The first-order valence-electron chi connectivity index (χ1n) is 4.84. The molecule has 2 heterocycles. The van der Waals surface area contributed by atoms with Gasteiger partial charge in [0.1, 0.15) is 12.2 Å². The Balaban J connectivity index is 2.34. The molecule has 0 amide bonds. The minimum atomic E-state index is -0.257. The SMILES string of the molecule is CCc1cc2n(CC(=O)OC)ccn2n1. The van der Waals surface area contributed by atoms with Gasteiger partial charge in [0.15, 0.2) is 0 Å². The second-order valence-electron chi connectivity index (χ2n) is 3.29. The number of methoxy groups -OCH3 is 1. The fourth-order valence-corrected chi connectivity index (χ4v) is 1.49. The first-order chi connectivity index (χ1) is 7.24. The van der Waals surface area contributed by atoms with E-state index in [4.69, 9.17) is 0 Å². The van der Waals surface area contributed by atoms with E-state index in [1.54, 1.807) is 4.52 Å². The quantitative estimate of drug-likeness (QED) is 0.702. The highest BCUT2D eigenvalue weighted by Gasteiger charge is 2.08. The lowest BCUT2D eigenvalue weighted by Crippen LogP contribution is -2.10. The zero-order valence-corrected chi connectivity index (χ0v) is 8.80. The Labute approximate surface area is 87.3 Å². The summed E-state index contributed by atoms with van der Waals surface area (Å²) in [7, 11) is 1.39. The van der Waals surface area contributed by atoms with Gasteiger partial charge in [-0.15, -0.1) is 0 Å². The third kappa shape index (κ3) is 1.72. The van der Waals surface area contributed by atoms with Crippen molar-refractivity contribution >= 4 is 11.6 Å². The lowest BCUT2D eigenvalue weighted by molar-refractivity contribution is -0.141. The molecule has 0 N–H and O–H groups in total. The standard InChI is InChI=1S/C10H13N3O2/c1-3-8-6-9-12(7-10(14)15-2)4-5-13(9)11-8/h4-6H,3,7H2,1-2H3. The number of imidazole rings is 1. The summed E-state index contributed by atoms with van der Waals surface area (Å²) >= 11 is 0. The number of aromatic nitrogens is 3. The van der Waals surface area contributed by atoms with Crippen LogP contribution in [0.4, 0.5) is 0 Å². The fraction of sp³-hybridized carbons (Fsp3) is 0.400. The smallest absolute Gasteiger partial charge is 0.325 e. The molecule has 0 saturated heterocycles. The molecule has 0 unspecified atom stereocenters. The number of fused-ring (bicyclic) bond motifs is 1. The molecular formula is C10H13N3O2. The van der Waals surface area contributed by atoms with Crippen molar-refractivity contribution in [3.63, 3.8) is 0 Å². The summed E-state index contributed by atoms with van der Waals surface area (Å²) in [4.78, 5) is 11.1.